The van der Waals surface area contributed by atoms with Crippen LogP contribution in [0.4, 0.5) is 0 Å². The van der Waals surface area contributed by atoms with Crippen molar-refractivity contribution in [3.05, 3.63) is 63.9 Å². The summed E-state index contributed by atoms with van der Waals surface area (Å²) in [5, 5.41) is 7.33. The third kappa shape index (κ3) is 3.42. The number of nitrogens with one attached hydrogen (secondary N) is 1. The van der Waals surface area contributed by atoms with Gasteiger partial charge in [-0.05, 0) is 61.8 Å². The number of aromatic nitrogens is 3. The molecule has 1 N–H and O–H groups in total. The Morgan fingerprint density at radius 2 is 1.61 bits per heavy atom. The summed E-state index contributed by atoms with van der Waals surface area (Å²) in [6.45, 7) is 10.3. The van der Waals surface area contributed by atoms with Crippen molar-refractivity contribution in [1.29, 1.82) is 0 Å². The standard InChI is InChI=1S/C17H17N3S.C2H6/c1-11-8-9-14(10-13(11)3)16-18-19-17(21)20(16)15-7-5-4-6-12(15)2;1-2/h4-10H,1-3H3,(H,19,21);1-2H3. The Morgan fingerprint density at radius 1 is 0.913 bits per heavy atom. The molecule has 0 fully saturated rings. The Hall–Kier alpha value is -2.20. The number of hydrogen-bond donors (Lipinski definition) is 1. The Morgan fingerprint density at radius 3 is 2.26 bits per heavy atom. The highest BCUT2D eigenvalue weighted by molar-refractivity contribution is 7.71. The van der Waals surface area contributed by atoms with Crippen molar-refractivity contribution in [2.24, 2.45) is 0 Å². The fourth-order valence-electron chi connectivity index (χ4n) is 2.41. The lowest BCUT2D eigenvalue weighted by Crippen LogP contribution is -2.00. The lowest BCUT2D eigenvalue weighted by molar-refractivity contribution is 1.02. The van der Waals surface area contributed by atoms with Crippen molar-refractivity contribution >= 4 is 12.2 Å². The molecule has 0 aliphatic rings. The van der Waals surface area contributed by atoms with Gasteiger partial charge in [0.15, 0.2) is 10.6 Å². The largest absolute Gasteiger partial charge is 0.268 e. The van der Waals surface area contributed by atoms with Gasteiger partial charge in [0.1, 0.15) is 0 Å². The summed E-state index contributed by atoms with van der Waals surface area (Å²) < 4.78 is 2.60. The molecular formula is C19H23N3S. The predicted octanol–water partition coefficient (Wildman–Crippen LogP) is 5.55. The lowest BCUT2D eigenvalue weighted by atomic mass is 10.1. The molecule has 0 radical (unpaired) electrons. The molecule has 120 valence electrons. The van der Waals surface area contributed by atoms with Crippen LogP contribution in [0.15, 0.2) is 42.5 Å². The molecule has 0 unspecified atom stereocenters. The zero-order chi connectivity index (χ0) is 17.0. The van der Waals surface area contributed by atoms with Crippen LogP contribution in [0.3, 0.4) is 0 Å². The molecular weight excluding hydrogens is 302 g/mol. The van der Waals surface area contributed by atoms with Gasteiger partial charge in [-0.15, -0.1) is 0 Å². The second kappa shape index (κ2) is 7.38. The first-order valence-corrected chi connectivity index (χ1v) is 8.30. The number of nitrogens with zero attached hydrogens (tertiary/aromatic N) is 2. The fourth-order valence-corrected chi connectivity index (χ4v) is 2.64. The summed E-state index contributed by atoms with van der Waals surface area (Å²) in [5.41, 5.74) is 5.81. The monoisotopic (exact) mass is 325 g/mol. The van der Waals surface area contributed by atoms with Crippen LogP contribution in [0.2, 0.25) is 0 Å². The zero-order valence-electron chi connectivity index (χ0n) is 14.3. The molecule has 0 bridgehead atoms. The molecule has 0 spiro atoms. The average molecular weight is 325 g/mol. The van der Waals surface area contributed by atoms with Gasteiger partial charge in [0.25, 0.3) is 0 Å². The number of H-pyrrole nitrogens is 1. The van der Waals surface area contributed by atoms with E-state index in [2.05, 4.69) is 61.3 Å². The van der Waals surface area contributed by atoms with Crippen molar-refractivity contribution in [1.82, 2.24) is 14.8 Å². The first-order valence-electron chi connectivity index (χ1n) is 7.89. The van der Waals surface area contributed by atoms with E-state index in [0.717, 1.165) is 17.1 Å². The summed E-state index contributed by atoms with van der Waals surface area (Å²) in [5.74, 6) is 0.845. The number of benzene rings is 2. The van der Waals surface area contributed by atoms with E-state index >= 15 is 0 Å². The summed E-state index contributed by atoms with van der Waals surface area (Å²) in [6.07, 6.45) is 0. The second-order valence-corrected chi connectivity index (χ2v) is 5.66. The van der Waals surface area contributed by atoms with Crippen molar-refractivity contribution < 1.29 is 0 Å². The Balaban J connectivity index is 0.000000924. The van der Waals surface area contributed by atoms with E-state index in [-0.39, 0.29) is 0 Å². The quantitative estimate of drug-likeness (QED) is 0.627. The molecule has 4 heteroatoms. The van der Waals surface area contributed by atoms with Crippen LogP contribution in [0.5, 0.6) is 0 Å². The Labute approximate surface area is 143 Å². The topological polar surface area (TPSA) is 33.6 Å². The van der Waals surface area contributed by atoms with Gasteiger partial charge >= 0.3 is 0 Å². The predicted molar refractivity (Wildman–Crippen MR) is 99.7 cm³/mol. The molecule has 2 aromatic carbocycles. The first-order chi connectivity index (χ1) is 11.1. The van der Waals surface area contributed by atoms with Crippen LogP contribution in [0, 0.1) is 25.5 Å². The summed E-state index contributed by atoms with van der Waals surface area (Å²) in [6, 6.07) is 14.5. The van der Waals surface area contributed by atoms with Crippen LogP contribution in [-0.2, 0) is 0 Å². The third-order valence-electron chi connectivity index (χ3n) is 3.79. The highest BCUT2D eigenvalue weighted by Crippen LogP contribution is 2.25. The van der Waals surface area contributed by atoms with E-state index in [4.69, 9.17) is 12.2 Å². The molecule has 3 aromatic rings. The third-order valence-corrected chi connectivity index (χ3v) is 4.07. The Kier molecular flexibility index (Phi) is 5.50. The van der Waals surface area contributed by atoms with Gasteiger partial charge < -0.3 is 0 Å². The maximum atomic E-state index is 5.42. The molecule has 3 rings (SSSR count). The fraction of sp³-hybridized carbons (Fsp3) is 0.263. The summed E-state index contributed by atoms with van der Waals surface area (Å²) in [4.78, 5) is 0. The van der Waals surface area contributed by atoms with Crippen molar-refractivity contribution in [3.63, 3.8) is 0 Å². The number of para-hydroxylation sites is 1. The van der Waals surface area contributed by atoms with E-state index < -0.39 is 0 Å². The summed E-state index contributed by atoms with van der Waals surface area (Å²) in [7, 11) is 0. The van der Waals surface area contributed by atoms with E-state index in [1.54, 1.807) is 0 Å². The van der Waals surface area contributed by atoms with Gasteiger partial charge in [-0.25, -0.2) is 0 Å². The van der Waals surface area contributed by atoms with Crippen molar-refractivity contribution in [2.75, 3.05) is 0 Å². The van der Waals surface area contributed by atoms with Crippen molar-refractivity contribution in [2.45, 2.75) is 34.6 Å². The van der Waals surface area contributed by atoms with Gasteiger partial charge in [0.05, 0.1) is 5.69 Å². The highest BCUT2D eigenvalue weighted by Gasteiger charge is 2.12. The lowest BCUT2D eigenvalue weighted by Gasteiger charge is -2.10. The van der Waals surface area contributed by atoms with E-state index in [0.29, 0.717) is 4.77 Å². The smallest absolute Gasteiger partial charge is 0.200 e. The molecule has 3 nitrogen and oxygen atoms in total. The Bertz CT molecular complexity index is 859. The van der Waals surface area contributed by atoms with Crippen LogP contribution in [0.25, 0.3) is 17.1 Å². The maximum absolute atomic E-state index is 5.42. The molecule has 0 saturated heterocycles. The summed E-state index contributed by atoms with van der Waals surface area (Å²) >= 11 is 5.42. The highest BCUT2D eigenvalue weighted by atomic mass is 32.1. The normalized spacial score (nSPS) is 10.1. The molecule has 0 amide bonds. The van der Waals surface area contributed by atoms with E-state index in [1.807, 2.05) is 30.5 Å². The maximum Gasteiger partial charge on any atom is 0.200 e. The first kappa shape index (κ1) is 17.2. The van der Waals surface area contributed by atoms with Crippen LogP contribution in [-0.4, -0.2) is 14.8 Å². The van der Waals surface area contributed by atoms with Crippen LogP contribution < -0.4 is 0 Å². The SMILES string of the molecule is CC.Cc1ccc(-c2n[nH]c(=S)n2-c2ccccc2C)cc1C. The average Bonchev–Trinajstić information content (AvgIpc) is 2.94. The van der Waals surface area contributed by atoms with Crippen LogP contribution >= 0.6 is 12.2 Å². The molecule has 0 aliphatic carbocycles. The van der Waals surface area contributed by atoms with Gasteiger partial charge in [-0.2, -0.15) is 5.10 Å². The van der Waals surface area contributed by atoms with E-state index in [9.17, 15) is 0 Å². The minimum Gasteiger partial charge on any atom is -0.268 e. The second-order valence-electron chi connectivity index (χ2n) is 5.27. The van der Waals surface area contributed by atoms with Gasteiger partial charge in [0, 0.05) is 5.56 Å². The minimum atomic E-state index is 0.609. The van der Waals surface area contributed by atoms with Gasteiger partial charge in [-0.3, -0.25) is 9.67 Å². The zero-order valence-corrected chi connectivity index (χ0v) is 15.2. The molecule has 0 aliphatic heterocycles. The molecule has 0 saturated carbocycles. The van der Waals surface area contributed by atoms with Gasteiger partial charge in [-0.1, -0.05) is 44.2 Å². The number of aryl methyl sites for hydroxylation is 3. The number of hydrogen-bond acceptors (Lipinski definition) is 2. The number of aromatic amines is 1. The molecule has 1 heterocycles. The molecule has 23 heavy (non-hydrogen) atoms. The van der Waals surface area contributed by atoms with Crippen LogP contribution in [0.1, 0.15) is 30.5 Å². The van der Waals surface area contributed by atoms with E-state index in [1.165, 1.54) is 16.7 Å². The van der Waals surface area contributed by atoms with Crippen molar-refractivity contribution in [3.8, 4) is 17.1 Å². The number of rotatable bonds is 2. The molecule has 1 aromatic heterocycles. The minimum absolute atomic E-state index is 0.609. The van der Waals surface area contributed by atoms with Gasteiger partial charge in [0.2, 0.25) is 0 Å². The molecule has 0 atom stereocenters.